The van der Waals surface area contributed by atoms with Gasteiger partial charge in [0, 0.05) is 26.2 Å². The molecule has 0 amide bonds. The van der Waals surface area contributed by atoms with Gasteiger partial charge >= 0.3 is 0 Å². The highest BCUT2D eigenvalue weighted by molar-refractivity contribution is 7.26. The Morgan fingerprint density at radius 3 is 2.15 bits per heavy atom. The number of hydrogen-bond acceptors (Lipinski definition) is 2. The molecule has 0 saturated carbocycles. The van der Waals surface area contributed by atoms with Crippen molar-refractivity contribution in [1.29, 1.82) is 0 Å². The number of rotatable bonds is 3. The van der Waals surface area contributed by atoms with E-state index in [1.807, 2.05) is 29.5 Å². The van der Waals surface area contributed by atoms with Crippen molar-refractivity contribution in [2.24, 2.45) is 4.99 Å². The van der Waals surface area contributed by atoms with Gasteiger partial charge in [-0.3, -0.25) is 4.57 Å². The van der Waals surface area contributed by atoms with E-state index in [1.54, 1.807) is 0 Å². The molecule has 226 valence electrons. The van der Waals surface area contributed by atoms with E-state index in [0.717, 1.165) is 29.1 Å². The minimum absolute atomic E-state index is 0.771. The second kappa shape index (κ2) is 11.7. The molecule has 0 N–H and O–H groups in total. The Morgan fingerprint density at radius 1 is 0.638 bits per heavy atom. The lowest BCUT2D eigenvalue weighted by Gasteiger charge is -2.09. The first-order valence-electron chi connectivity index (χ1n) is 16.0. The number of aliphatic imine (C=N–C) groups is 1. The van der Waals surface area contributed by atoms with Crippen LogP contribution in [0.3, 0.4) is 0 Å². The van der Waals surface area contributed by atoms with Crippen molar-refractivity contribution in [3.8, 4) is 11.1 Å². The maximum absolute atomic E-state index is 4.94. The van der Waals surface area contributed by atoms with E-state index in [2.05, 4.69) is 147 Å². The summed E-state index contributed by atoms with van der Waals surface area (Å²) >= 11 is 1.85. The smallest absolute Gasteiger partial charge is 0.111 e. The van der Waals surface area contributed by atoms with Crippen LogP contribution in [-0.2, 0) is 6.42 Å². The number of thiophene rings is 1. The first-order valence-corrected chi connectivity index (χ1v) is 16.8. The Balaban J connectivity index is 0.000000170. The molecule has 9 rings (SSSR count). The van der Waals surface area contributed by atoms with E-state index in [1.165, 1.54) is 69.8 Å². The zero-order chi connectivity index (χ0) is 32.1. The quantitative estimate of drug-likeness (QED) is 0.138. The molecule has 2 heterocycles. The number of hydrogen-bond donors (Lipinski definition) is 0. The van der Waals surface area contributed by atoms with Gasteiger partial charge in [0.25, 0.3) is 0 Å². The van der Waals surface area contributed by atoms with Gasteiger partial charge in [-0.05, 0) is 65.8 Å². The van der Waals surface area contributed by atoms with Gasteiger partial charge in [0.15, 0.2) is 0 Å². The molecular formula is C44H34N2S. The van der Waals surface area contributed by atoms with Crippen LogP contribution in [0.15, 0.2) is 152 Å². The summed E-state index contributed by atoms with van der Waals surface area (Å²) in [6, 6.07) is 47.1. The van der Waals surface area contributed by atoms with E-state index in [4.69, 9.17) is 4.99 Å². The van der Waals surface area contributed by atoms with Crippen LogP contribution in [0, 0.1) is 0 Å². The number of aromatic nitrogens is 1. The van der Waals surface area contributed by atoms with Crippen molar-refractivity contribution in [3.05, 3.63) is 169 Å². The Labute approximate surface area is 279 Å². The van der Waals surface area contributed by atoms with Gasteiger partial charge < -0.3 is 0 Å². The molecule has 1 aliphatic rings. The Bertz CT molecular complexity index is 2540. The van der Waals surface area contributed by atoms with Crippen LogP contribution in [0.2, 0.25) is 0 Å². The molecule has 8 aromatic rings. The van der Waals surface area contributed by atoms with Crippen LogP contribution < -0.4 is 0 Å². The summed E-state index contributed by atoms with van der Waals surface area (Å²) in [5, 5.41) is 5.11. The molecule has 0 atom stereocenters. The predicted octanol–water partition coefficient (Wildman–Crippen LogP) is 12.4. The van der Waals surface area contributed by atoms with Crippen LogP contribution in [0.25, 0.3) is 64.4 Å². The molecule has 0 radical (unpaired) electrons. The van der Waals surface area contributed by atoms with Crippen LogP contribution in [0.1, 0.15) is 36.1 Å². The summed E-state index contributed by atoms with van der Waals surface area (Å²) in [5.41, 5.74) is 12.3. The van der Waals surface area contributed by atoms with Crippen molar-refractivity contribution in [2.75, 3.05) is 0 Å². The fraction of sp³-hybridized carbons (Fsp3) is 0.0682. The molecule has 2 aromatic heterocycles. The van der Waals surface area contributed by atoms with Crippen molar-refractivity contribution >= 4 is 70.4 Å². The molecule has 0 aliphatic heterocycles. The third-order valence-electron chi connectivity index (χ3n) is 9.18. The first-order chi connectivity index (χ1) is 23.0. The monoisotopic (exact) mass is 622 g/mol. The van der Waals surface area contributed by atoms with E-state index in [9.17, 15) is 0 Å². The number of para-hydroxylation sites is 1. The summed E-state index contributed by atoms with van der Waals surface area (Å²) in [6.45, 7) is 12.5. The maximum atomic E-state index is 4.94. The molecule has 0 bridgehead atoms. The van der Waals surface area contributed by atoms with Crippen LogP contribution in [0.4, 0.5) is 0 Å². The number of benzene rings is 6. The molecule has 0 saturated heterocycles. The fourth-order valence-electron chi connectivity index (χ4n) is 7.05. The minimum Gasteiger partial charge on any atom is -0.296 e. The summed E-state index contributed by atoms with van der Waals surface area (Å²) in [6.07, 6.45) is 1.06. The normalized spacial score (nSPS) is 12.3. The number of fused-ring (bicyclic) bond motifs is 10. The molecule has 0 unspecified atom stereocenters. The van der Waals surface area contributed by atoms with Gasteiger partial charge in [0.2, 0.25) is 0 Å². The topological polar surface area (TPSA) is 17.3 Å². The highest BCUT2D eigenvalue weighted by Crippen LogP contribution is 2.42. The zero-order valence-electron chi connectivity index (χ0n) is 26.6. The van der Waals surface area contributed by atoms with Crippen molar-refractivity contribution in [1.82, 2.24) is 4.57 Å². The summed E-state index contributed by atoms with van der Waals surface area (Å²) in [5.74, 6) is 0.921. The van der Waals surface area contributed by atoms with Gasteiger partial charge in [-0.15, -0.1) is 11.3 Å². The zero-order valence-corrected chi connectivity index (χ0v) is 27.4. The van der Waals surface area contributed by atoms with Crippen LogP contribution in [0.5, 0.6) is 0 Å². The molecule has 0 spiro atoms. The Hall–Kier alpha value is -5.51. The lowest BCUT2D eigenvalue weighted by Crippen LogP contribution is -2.07. The molecule has 47 heavy (non-hydrogen) atoms. The SMILES string of the molecule is C=C(C)c1cccc2c1-c1ccccc1C2.C=C(N=C(C)n1c2ccccc2c2ccc3c4ccccc4sc3c21)c1ccccc1. The lowest BCUT2D eigenvalue weighted by molar-refractivity contribution is 1.25. The Kier molecular flexibility index (Phi) is 7.20. The molecule has 6 aromatic carbocycles. The average Bonchev–Trinajstić information content (AvgIpc) is 3.78. The maximum Gasteiger partial charge on any atom is 0.111 e. The number of allylic oxidation sites excluding steroid dienone is 1. The van der Waals surface area contributed by atoms with E-state index in [-0.39, 0.29) is 0 Å². The van der Waals surface area contributed by atoms with Crippen LogP contribution >= 0.6 is 11.3 Å². The van der Waals surface area contributed by atoms with Gasteiger partial charge in [-0.25, -0.2) is 4.99 Å². The average molecular weight is 623 g/mol. The van der Waals surface area contributed by atoms with E-state index in [0.29, 0.717) is 0 Å². The van der Waals surface area contributed by atoms with Crippen molar-refractivity contribution < 1.29 is 0 Å². The lowest BCUT2D eigenvalue weighted by atomic mass is 9.96. The van der Waals surface area contributed by atoms with Crippen molar-refractivity contribution in [3.63, 3.8) is 0 Å². The van der Waals surface area contributed by atoms with Crippen LogP contribution in [-0.4, -0.2) is 10.4 Å². The standard InChI is InChI=1S/C28H20N2S.C16H14/c1-18(20-10-4-3-5-11-20)29-19(2)30-25-14-8-6-12-21(25)23-16-17-24-22-13-7-9-15-26(22)31-28(24)27(23)30;1-11(2)14-9-5-7-13-10-12-6-3-4-8-15(12)16(13)14/h3-17H,1H2,2H3;3-9H,1,10H2,2H3. The largest absolute Gasteiger partial charge is 0.296 e. The Morgan fingerprint density at radius 2 is 1.32 bits per heavy atom. The third-order valence-corrected chi connectivity index (χ3v) is 10.4. The summed E-state index contributed by atoms with van der Waals surface area (Å²) in [4.78, 5) is 4.94. The predicted molar refractivity (Wildman–Crippen MR) is 206 cm³/mol. The highest BCUT2D eigenvalue weighted by atomic mass is 32.1. The summed E-state index contributed by atoms with van der Waals surface area (Å²) in [7, 11) is 0. The number of nitrogens with zero attached hydrogens (tertiary/aromatic N) is 2. The summed E-state index contributed by atoms with van der Waals surface area (Å²) < 4.78 is 4.91. The van der Waals surface area contributed by atoms with Gasteiger partial charge in [-0.1, -0.05) is 140 Å². The first kappa shape index (κ1) is 28.9. The molecular weight excluding hydrogens is 589 g/mol. The fourth-order valence-corrected chi connectivity index (χ4v) is 8.29. The van der Waals surface area contributed by atoms with Crippen molar-refractivity contribution in [2.45, 2.75) is 20.3 Å². The molecule has 1 aliphatic carbocycles. The molecule has 0 fully saturated rings. The molecule has 2 nitrogen and oxygen atoms in total. The van der Waals surface area contributed by atoms with E-state index >= 15 is 0 Å². The minimum atomic E-state index is 0.771. The second-order valence-corrected chi connectivity index (χ2v) is 13.3. The van der Waals surface area contributed by atoms with Gasteiger partial charge in [-0.2, -0.15) is 0 Å². The third kappa shape index (κ3) is 4.91. The second-order valence-electron chi connectivity index (χ2n) is 12.2. The highest BCUT2D eigenvalue weighted by Gasteiger charge is 2.21. The van der Waals surface area contributed by atoms with Gasteiger partial charge in [0.05, 0.1) is 21.4 Å². The van der Waals surface area contributed by atoms with Gasteiger partial charge in [0.1, 0.15) is 5.84 Å². The van der Waals surface area contributed by atoms with E-state index < -0.39 is 0 Å². The molecule has 3 heteroatoms.